The fourth-order valence-electron chi connectivity index (χ4n) is 9.37. The second kappa shape index (κ2) is 56.9. The van der Waals surface area contributed by atoms with E-state index in [0.717, 1.165) is 38.5 Å². The SMILES string of the molecule is CCCCCCC/C=C\C/C=C\C/C=C\CCCCCCCCCCCCCCCCCCCCCCCCCCCCC(=O)NC(CO)C(O)CCCCCCCCCCCCCC. The zero-order valence-corrected chi connectivity index (χ0v) is 44.3. The third kappa shape index (κ3) is 53.4. The lowest BCUT2D eigenvalue weighted by Gasteiger charge is -2.22. The minimum atomic E-state index is -0.655. The number of hydrogen-bond acceptors (Lipinski definition) is 3. The molecule has 0 aromatic carbocycles. The Bertz CT molecular complexity index is 989. The zero-order valence-electron chi connectivity index (χ0n) is 44.3. The lowest BCUT2D eigenvalue weighted by molar-refractivity contribution is -0.123. The third-order valence-electron chi connectivity index (χ3n) is 13.9. The van der Waals surface area contributed by atoms with Crippen LogP contribution in [-0.4, -0.2) is 34.9 Å². The Morgan fingerprint density at radius 3 is 0.938 bits per heavy atom. The number of allylic oxidation sites excluding steroid dienone is 6. The van der Waals surface area contributed by atoms with E-state index in [1.54, 1.807) is 0 Å². The van der Waals surface area contributed by atoms with Gasteiger partial charge in [0.1, 0.15) is 0 Å². The highest BCUT2D eigenvalue weighted by atomic mass is 16.3. The first kappa shape index (κ1) is 63.6. The van der Waals surface area contributed by atoms with Crippen LogP contribution in [0.1, 0.15) is 328 Å². The molecule has 0 saturated heterocycles. The van der Waals surface area contributed by atoms with Crippen LogP contribution in [0.25, 0.3) is 0 Å². The van der Waals surface area contributed by atoms with E-state index < -0.39 is 12.1 Å². The highest BCUT2D eigenvalue weighted by molar-refractivity contribution is 5.76. The largest absolute Gasteiger partial charge is 0.394 e. The summed E-state index contributed by atoms with van der Waals surface area (Å²) < 4.78 is 0. The smallest absolute Gasteiger partial charge is 0.220 e. The quantitative estimate of drug-likeness (QED) is 0.0421. The van der Waals surface area contributed by atoms with E-state index in [1.807, 2.05) is 0 Å². The van der Waals surface area contributed by atoms with Crippen LogP contribution >= 0.6 is 0 Å². The van der Waals surface area contributed by atoms with Gasteiger partial charge in [0.15, 0.2) is 0 Å². The number of carbonyl (C=O) groups is 1. The first-order chi connectivity index (χ1) is 32.2. The van der Waals surface area contributed by atoms with Gasteiger partial charge in [0.05, 0.1) is 18.8 Å². The van der Waals surface area contributed by atoms with E-state index in [0.29, 0.717) is 12.8 Å². The minimum Gasteiger partial charge on any atom is -0.394 e. The number of unbranched alkanes of at least 4 members (excludes halogenated alkanes) is 42. The summed E-state index contributed by atoms with van der Waals surface area (Å²) in [5, 5.41) is 23.2. The highest BCUT2D eigenvalue weighted by Crippen LogP contribution is 2.18. The van der Waals surface area contributed by atoms with Gasteiger partial charge >= 0.3 is 0 Å². The molecule has 65 heavy (non-hydrogen) atoms. The monoisotopic (exact) mass is 912 g/mol. The number of carbonyl (C=O) groups excluding carboxylic acids is 1. The third-order valence-corrected chi connectivity index (χ3v) is 13.9. The lowest BCUT2D eigenvalue weighted by atomic mass is 10.0. The van der Waals surface area contributed by atoms with Gasteiger partial charge < -0.3 is 15.5 Å². The Kier molecular flexibility index (Phi) is 55.7. The predicted molar refractivity (Wildman–Crippen MR) is 290 cm³/mol. The van der Waals surface area contributed by atoms with Crippen molar-refractivity contribution < 1.29 is 15.0 Å². The van der Waals surface area contributed by atoms with Crippen molar-refractivity contribution in [1.82, 2.24) is 5.32 Å². The average molecular weight is 913 g/mol. The van der Waals surface area contributed by atoms with Gasteiger partial charge in [-0.2, -0.15) is 0 Å². The van der Waals surface area contributed by atoms with Crippen LogP contribution in [0.3, 0.4) is 0 Å². The molecule has 0 aliphatic heterocycles. The van der Waals surface area contributed by atoms with E-state index in [4.69, 9.17) is 0 Å². The molecule has 0 aromatic heterocycles. The maximum Gasteiger partial charge on any atom is 0.220 e. The molecule has 0 radical (unpaired) electrons. The standard InChI is InChI=1S/C61H117NO3/c1-3-5-7-9-11-13-15-17-18-19-20-21-22-23-24-25-26-27-28-29-30-31-32-33-34-35-36-37-38-39-40-41-42-43-44-45-47-49-51-53-55-57-61(65)62-59(58-63)60(64)56-54-52-50-48-46-16-14-12-10-8-6-4-2/h15,17,19-20,22-23,59-60,63-64H,3-14,16,18,21,24-58H2,1-2H3,(H,62,65)/b17-15-,20-19-,23-22-. The molecule has 384 valence electrons. The summed E-state index contributed by atoms with van der Waals surface area (Å²) in [4.78, 5) is 12.5. The summed E-state index contributed by atoms with van der Waals surface area (Å²) in [6, 6.07) is -0.532. The molecule has 2 unspecified atom stereocenters. The number of nitrogens with one attached hydrogen (secondary N) is 1. The molecule has 4 heteroatoms. The van der Waals surface area contributed by atoms with Gasteiger partial charge in [0.2, 0.25) is 5.91 Å². The van der Waals surface area contributed by atoms with E-state index in [2.05, 4.69) is 55.6 Å². The molecule has 1 amide bonds. The molecule has 0 bridgehead atoms. The maximum absolute atomic E-state index is 12.5. The summed E-state index contributed by atoms with van der Waals surface area (Å²) >= 11 is 0. The molecule has 3 N–H and O–H groups in total. The zero-order chi connectivity index (χ0) is 47.0. The molecular weight excluding hydrogens is 795 g/mol. The maximum atomic E-state index is 12.5. The van der Waals surface area contributed by atoms with Crippen LogP contribution in [0.15, 0.2) is 36.5 Å². The van der Waals surface area contributed by atoms with Crippen molar-refractivity contribution in [3.8, 4) is 0 Å². The van der Waals surface area contributed by atoms with E-state index in [9.17, 15) is 15.0 Å². The van der Waals surface area contributed by atoms with Crippen molar-refractivity contribution in [2.75, 3.05) is 6.61 Å². The molecule has 0 heterocycles. The van der Waals surface area contributed by atoms with Gasteiger partial charge in [-0.15, -0.1) is 0 Å². The number of aliphatic hydroxyl groups excluding tert-OH is 2. The molecular formula is C61H117NO3. The van der Waals surface area contributed by atoms with Crippen LogP contribution in [0.2, 0.25) is 0 Å². The summed E-state index contributed by atoms with van der Waals surface area (Å²) in [5.74, 6) is -0.0263. The fourth-order valence-corrected chi connectivity index (χ4v) is 9.37. The highest BCUT2D eigenvalue weighted by Gasteiger charge is 2.20. The Morgan fingerprint density at radius 1 is 0.369 bits per heavy atom. The molecule has 0 aliphatic carbocycles. The molecule has 0 aromatic rings. The number of amides is 1. The first-order valence-electron chi connectivity index (χ1n) is 29.7. The lowest BCUT2D eigenvalue weighted by Crippen LogP contribution is -2.45. The average Bonchev–Trinajstić information content (AvgIpc) is 3.31. The molecule has 0 aliphatic rings. The van der Waals surface area contributed by atoms with Gasteiger partial charge in [0, 0.05) is 6.42 Å². The van der Waals surface area contributed by atoms with Crippen molar-refractivity contribution in [2.45, 2.75) is 341 Å². The predicted octanol–water partition coefficient (Wildman–Crippen LogP) is 19.6. The van der Waals surface area contributed by atoms with Gasteiger partial charge in [-0.25, -0.2) is 0 Å². The van der Waals surface area contributed by atoms with E-state index in [1.165, 1.54) is 263 Å². The number of hydrogen-bond donors (Lipinski definition) is 3. The van der Waals surface area contributed by atoms with E-state index in [-0.39, 0.29) is 12.5 Å². The van der Waals surface area contributed by atoms with Crippen molar-refractivity contribution in [2.24, 2.45) is 0 Å². The molecule has 0 fully saturated rings. The molecule has 4 nitrogen and oxygen atoms in total. The molecule has 0 rings (SSSR count). The minimum absolute atomic E-state index is 0.0263. The summed E-state index contributed by atoms with van der Waals surface area (Å²) in [5.41, 5.74) is 0. The Hall–Kier alpha value is -1.39. The summed E-state index contributed by atoms with van der Waals surface area (Å²) in [7, 11) is 0. The second-order valence-corrected chi connectivity index (χ2v) is 20.4. The van der Waals surface area contributed by atoms with Gasteiger partial charge in [-0.3, -0.25) is 4.79 Å². The van der Waals surface area contributed by atoms with Crippen LogP contribution in [-0.2, 0) is 4.79 Å². The van der Waals surface area contributed by atoms with Crippen molar-refractivity contribution in [3.05, 3.63) is 36.5 Å². The van der Waals surface area contributed by atoms with E-state index >= 15 is 0 Å². The summed E-state index contributed by atoms with van der Waals surface area (Å²) in [6.45, 7) is 4.36. The van der Waals surface area contributed by atoms with Crippen LogP contribution < -0.4 is 5.32 Å². The molecule has 0 saturated carbocycles. The van der Waals surface area contributed by atoms with Crippen LogP contribution in [0.4, 0.5) is 0 Å². The second-order valence-electron chi connectivity index (χ2n) is 20.4. The van der Waals surface area contributed by atoms with Crippen LogP contribution in [0.5, 0.6) is 0 Å². The van der Waals surface area contributed by atoms with Crippen LogP contribution in [0, 0.1) is 0 Å². The van der Waals surface area contributed by atoms with Gasteiger partial charge in [-0.1, -0.05) is 307 Å². The Balaban J connectivity index is 3.34. The topological polar surface area (TPSA) is 69.6 Å². The number of aliphatic hydroxyl groups is 2. The van der Waals surface area contributed by atoms with Crippen molar-refractivity contribution >= 4 is 5.91 Å². The normalized spacial score (nSPS) is 13.0. The Labute approximate surface area is 408 Å². The fraction of sp³-hybridized carbons (Fsp3) is 0.885. The summed E-state index contributed by atoms with van der Waals surface area (Å²) in [6.07, 6.45) is 77.4. The molecule has 0 spiro atoms. The van der Waals surface area contributed by atoms with Gasteiger partial charge in [0.25, 0.3) is 0 Å². The van der Waals surface area contributed by atoms with Crippen molar-refractivity contribution in [1.29, 1.82) is 0 Å². The number of rotatable bonds is 55. The van der Waals surface area contributed by atoms with Gasteiger partial charge in [-0.05, 0) is 51.4 Å². The first-order valence-corrected chi connectivity index (χ1v) is 29.7. The van der Waals surface area contributed by atoms with Crippen molar-refractivity contribution in [3.63, 3.8) is 0 Å². The molecule has 2 atom stereocenters. The Morgan fingerprint density at radius 2 is 0.631 bits per heavy atom.